The second-order valence-corrected chi connectivity index (χ2v) is 12.3. The predicted molar refractivity (Wildman–Crippen MR) is 156 cm³/mol. The smallest absolute Gasteiger partial charge is 0.293 e. The number of nitro groups is 1. The van der Waals surface area contributed by atoms with Crippen LogP contribution in [-0.4, -0.2) is 59.3 Å². The van der Waals surface area contributed by atoms with Crippen molar-refractivity contribution in [1.82, 2.24) is 19.6 Å². The molecule has 2 aliphatic rings. The van der Waals surface area contributed by atoms with Gasteiger partial charge in [-0.05, 0) is 62.1 Å². The molecule has 0 spiro atoms. The molecule has 218 valence electrons. The number of aromatic amines is 1. The fourth-order valence-electron chi connectivity index (χ4n) is 5.41. The first kappa shape index (κ1) is 27.7. The van der Waals surface area contributed by atoms with E-state index in [4.69, 9.17) is 4.74 Å². The number of para-hydroxylation sites is 1. The number of pyridine rings is 1. The summed E-state index contributed by atoms with van der Waals surface area (Å²) in [5.41, 5.74) is 0.516. The lowest BCUT2D eigenvalue weighted by Crippen LogP contribution is -2.47. The van der Waals surface area contributed by atoms with Crippen molar-refractivity contribution in [3.8, 4) is 11.5 Å². The van der Waals surface area contributed by atoms with Gasteiger partial charge < -0.3 is 19.9 Å². The van der Waals surface area contributed by atoms with Crippen LogP contribution >= 0.6 is 0 Å². The van der Waals surface area contributed by atoms with E-state index in [0.29, 0.717) is 17.4 Å². The van der Waals surface area contributed by atoms with Gasteiger partial charge in [0.2, 0.25) is 0 Å². The first-order valence-electron chi connectivity index (χ1n) is 13.8. The predicted octanol–water partition coefficient (Wildman–Crippen LogP) is 4.81. The van der Waals surface area contributed by atoms with Crippen LogP contribution in [0.25, 0.3) is 11.0 Å². The molecule has 0 radical (unpaired) electrons. The summed E-state index contributed by atoms with van der Waals surface area (Å²) in [6.07, 6.45) is 8.65. The second kappa shape index (κ2) is 11.4. The average Bonchev–Trinajstić information content (AvgIpc) is 3.41. The summed E-state index contributed by atoms with van der Waals surface area (Å²) >= 11 is 0. The number of hydrogen-bond donors (Lipinski definition) is 3. The maximum absolute atomic E-state index is 13.2. The topological polar surface area (TPSA) is 160 Å². The summed E-state index contributed by atoms with van der Waals surface area (Å²) < 4.78 is 34.2. The van der Waals surface area contributed by atoms with E-state index in [1.54, 1.807) is 24.4 Å². The third-order valence-electron chi connectivity index (χ3n) is 7.92. The number of carbonyl (C=O) groups is 1. The van der Waals surface area contributed by atoms with E-state index >= 15 is 0 Å². The maximum Gasteiger partial charge on any atom is 0.293 e. The standard InChI is InChI=1S/C29H30N6O6S/c36-29(24-6-1-2-7-27(24)41-22-16-19-10-13-30-28(19)31-18-22)33-42(39,40)23-8-9-25(26(17-23)35(37)38)32-20-11-14-34(15-12-20)21-4-3-5-21/h1-2,6-10,13,16-18,20-21,32H,3-5,11-12,14-15H2,(H,30,31)(H,33,36). The monoisotopic (exact) mass is 590 g/mol. The molecule has 0 unspecified atom stereocenters. The molecule has 1 aliphatic carbocycles. The lowest BCUT2D eigenvalue weighted by Gasteiger charge is -2.42. The van der Waals surface area contributed by atoms with E-state index in [1.165, 1.54) is 49.7 Å². The van der Waals surface area contributed by atoms with Gasteiger partial charge in [0.15, 0.2) is 0 Å². The number of H-pyrrole nitrogens is 1. The molecule has 13 heteroatoms. The first-order chi connectivity index (χ1) is 20.3. The molecule has 6 rings (SSSR count). The number of benzene rings is 2. The van der Waals surface area contributed by atoms with Crippen LogP contribution < -0.4 is 14.8 Å². The van der Waals surface area contributed by atoms with Crippen molar-refractivity contribution in [3.63, 3.8) is 0 Å². The number of likely N-dealkylation sites (tertiary alicyclic amines) is 1. The highest BCUT2D eigenvalue weighted by Gasteiger charge is 2.30. The molecule has 0 atom stereocenters. The van der Waals surface area contributed by atoms with Gasteiger partial charge in [-0.3, -0.25) is 14.9 Å². The number of aromatic nitrogens is 2. The van der Waals surface area contributed by atoms with Crippen molar-refractivity contribution in [2.45, 2.75) is 49.1 Å². The first-order valence-corrected chi connectivity index (χ1v) is 15.3. The molecule has 2 fully saturated rings. The molecule has 1 amide bonds. The summed E-state index contributed by atoms with van der Waals surface area (Å²) in [7, 11) is -4.45. The molecule has 1 saturated carbocycles. The maximum atomic E-state index is 13.2. The van der Waals surface area contributed by atoms with Gasteiger partial charge in [0.05, 0.1) is 21.6 Å². The van der Waals surface area contributed by atoms with Crippen LogP contribution in [0.4, 0.5) is 11.4 Å². The van der Waals surface area contributed by atoms with Crippen LogP contribution in [0.5, 0.6) is 11.5 Å². The number of carbonyl (C=O) groups excluding carboxylic acids is 1. The van der Waals surface area contributed by atoms with Gasteiger partial charge in [0, 0.05) is 42.8 Å². The van der Waals surface area contributed by atoms with E-state index in [1.807, 2.05) is 10.8 Å². The van der Waals surface area contributed by atoms with Crippen LogP contribution in [0.15, 0.2) is 71.9 Å². The van der Waals surface area contributed by atoms with E-state index < -0.39 is 25.7 Å². The van der Waals surface area contributed by atoms with Crippen LogP contribution in [-0.2, 0) is 10.0 Å². The number of sulfonamides is 1. The molecule has 2 aromatic carbocycles. The Morgan fingerprint density at radius 2 is 1.86 bits per heavy atom. The number of piperidine rings is 1. The van der Waals surface area contributed by atoms with Crippen molar-refractivity contribution in [1.29, 1.82) is 0 Å². The van der Waals surface area contributed by atoms with Gasteiger partial charge >= 0.3 is 0 Å². The molecular weight excluding hydrogens is 560 g/mol. The van der Waals surface area contributed by atoms with Gasteiger partial charge in [0.25, 0.3) is 21.6 Å². The Kier molecular flexibility index (Phi) is 7.52. The number of amides is 1. The van der Waals surface area contributed by atoms with Crippen LogP contribution in [0.1, 0.15) is 42.5 Å². The van der Waals surface area contributed by atoms with Gasteiger partial charge in [-0.25, -0.2) is 18.1 Å². The zero-order valence-corrected chi connectivity index (χ0v) is 23.5. The Morgan fingerprint density at radius 3 is 2.60 bits per heavy atom. The molecule has 2 aromatic heterocycles. The molecule has 1 aliphatic heterocycles. The zero-order chi connectivity index (χ0) is 29.3. The van der Waals surface area contributed by atoms with Crippen molar-refractivity contribution in [2.24, 2.45) is 0 Å². The molecule has 42 heavy (non-hydrogen) atoms. The van der Waals surface area contributed by atoms with Gasteiger partial charge in [-0.1, -0.05) is 18.6 Å². The summed E-state index contributed by atoms with van der Waals surface area (Å²) in [6.45, 7) is 1.86. The lowest BCUT2D eigenvalue weighted by atomic mass is 9.89. The van der Waals surface area contributed by atoms with Crippen LogP contribution in [0.2, 0.25) is 0 Å². The number of nitrogens with one attached hydrogen (secondary N) is 3. The molecular formula is C29H30N6O6S. The van der Waals surface area contributed by atoms with Crippen LogP contribution in [0.3, 0.4) is 0 Å². The lowest BCUT2D eigenvalue weighted by molar-refractivity contribution is -0.384. The summed E-state index contributed by atoms with van der Waals surface area (Å²) in [5.74, 6) is -0.460. The van der Waals surface area contributed by atoms with E-state index in [-0.39, 0.29) is 28.7 Å². The molecule has 12 nitrogen and oxygen atoms in total. The third kappa shape index (κ3) is 5.78. The summed E-state index contributed by atoms with van der Waals surface area (Å²) in [5, 5.41) is 15.9. The fraction of sp³-hybridized carbons (Fsp3) is 0.310. The Hall–Kier alpha value is -4.49. The number of nitro benzene ring substituents is 1. The van der Waals surface area contributed by atoms with Crippen molar-refractivity contribution in [3.05, 3.63) is 82.7 Å². The normalized spacial score (nSPS) is 16.6. The van der Waals surface area contributed by atoms with Crippen molar-refractivity contribution >= 4 is 38.3 Å². The number of nitrogens with zero attached hydrogens (tertiary/aromatic N) is 3. The fourth-order valence-corrected chi connectivity index (χ4v) is 6.40. The van der Waals surface area contributed by atoms with E-state index in [2.05, 4.69) is 20.2 Å². The molecule has 1 saturated heterocycles. The number of hydrogen-bond acceptors (Lipinski definition) is 9. The molecule has 4 aromatic rings. The van der Waals surface area contributed by atoms with E-state index in [9.17, 15) is 23.3 Å². The second-order valence-electron chi connectivity index (χ2n) is 10.6. The molecule has 3 heterocycles. The number of anilines is 1. The highest BCUT2D eigenvalue weighted by Crippen LogP contribution is 2.32. The minimum absolute atomic E-state index is 0.0312. The van der Waals surface area contributed by atoms with Gasteiger partial charge in [-0.15, -0.1) is 0 Å². The van der Waals surface area contributed by atoms with Gasteiger partial charge in [-0.2, -0.15) is 0 Å². The zero-order valence-electron chi connectivity index (χ0n) is 22.7. The number of rotatable bonds is 9. The third-order valence-corrected chi connectivity index (χ3v) is 9.25. The Morgan fingerprint density at radius 1 is 1.07 bits per heavy atom. The minimum Gasteiger partial charge on any atom is -0.455 e. The van der Waals surface area contributed by atoms with Gasteiger partial charge in [0.1, 0.15) is 22.8 Å². The summed E-state index contributed by atoms with van der Waals surface area (Å²) in [4.78, 5) is 33.7. The SMILES string of the molecule is O=C(NS(=O)(=O)c1ccc(NC2CCN(C3CCC3)CC2)c([N+](=O)[O-])c1)c1ccccc1Oc1cnc2[nH]ccc2c1. The Labute approximate surface area is 242 Å². The Bertz CT molecular complexity index is 1740. The molecule has 3 N–H and O–H groups in total. The largest absolute Gasteiger partial charge is 0.455 e. The quantitative estimate of drug-likeness (QED) is 0.184. The Balaban J connectivity index is 1.16. The average molecular weight is 591 g/mol. The van der Waals surface area contributed by atoms with Crippen molar-refractivity contribution in [2.75, 3.05) is 18.4 Å². The highest BCUT2D eigenvalue weighted by atomic mass is 32.2. The minimum atomic E-state index is -4.45. The summed E-state index contributed by atoms with van der Waals surface area (Å²) in [6, 6.07) is 14.1. The van der Waals surface area contributed by atoms with E-state index in [0.717, 1.165) is 37.4 Å². The number of ether oxygens (including phenoxy) is 1. The highest BCUT2D eigenvalue weighted by molar-refractivity contribution is 7.90. The number of fused-ring (bicyclic) bond motifs is 1. The molecule has 0 bridgehead atoms. The van der Waals surface area contributed by atoms with Crippen molar-refractivity contribution < 1.29 is 22.9 Å². The van der Waals surface area contributed by atoms with Crippen LogP contribution in [0, 0.1) is 10.1 Å².